The fourth-order valence-electron chi connectivity index (χ4n) is 1.38. The Morgan fingerprint density at radius 3 is 2.59 bits per heavy atom. The maximum atomic E-state index is 12.0. The van der Waals surface area contributed by atoms with Gasteiger partial charge in [0.15, 0.2) is 0 Å². The van der Waals surface area contributed by atoms with Gasteiger partial charge >= 0.3 is 0 Å². The molecular weight excluding hydrogens is 260 g/mol. The number of sulfonamides is 1. The van der Waals surface area contributed by atoms with E-state index in [1.807, 2.05) is 0 Å². The van der Waals surface area contributed by atoms with E-state index in [1.54, 1.807) is 26.0 Å². The van der Waals surface area contributed by atoms with Crippen LogP contribution < -0.4 is 10.5 Å². The quantitative estimate of drug-likeness (QED) is 0.824. The SMILES string of the molecule is C=C(Cl)CNS(=O)(=O)c1cc(C)cc(N)c1C. The Morgan fingerprint density at radius 2 is 2.06 bits per heavy atom. The molecule has 0 radical (unpaired) electrons. The van der Waals surface area contributed by atoms with Gasteiger partial charge < -0.3 is 5.73 Å². The standard InChI is InChI=1S/C11H15ClN2O2S/c1-7-4-10(13)9(3)11(5-7)17(15,16)14-6-8(2)12/h4-5,14H,2,6,13H2,1,3H3. The van der Waals surface area contributed by atoms with Crippen molar-refractivity contribution in [1.29, 1.82) is 0 Å². The summed E-state index contributed by atoms with van der Waals surface area (Å²) in [6, 6.07) is 3.31. The molecule has 0 aromatic heterocycles. The van der Waals surface area contributed by atoms with Crippen LogP contribution in [-0.4, -0.2) is 15.0 Å². The monoisotopic (exact) mass is 274 g/mol. The van der Waals surface area contributed by atoms with Gasteiger partial charge in [-0.25, -0.2) is 13.1 Å². The molecule has 0 fully saturated rings. The van der Waals surface area contributed by atoms with E-state index in [0.717, 1.165) is 5.56 Å². The maximum absolute atomic E-state index is 12.0. The van der Waals surface area contributed by atoms with Gasteiger partial charge in [-0.05, 0) is 37.1 Å². The molecule has 0 aliphatic carbocycles. The summed E-state index contributed by atoms with van der Waals surface area (Å²) in [5, 5.41) is 0.229. The molecule has 0 heterocycles. The predicted molar refractivity (Wildman–Crippen MR) is 70.5 cm³/mol. The van der Waals surface area contributed by atoms with E-state index in [9.17, 15) is 8.42 Å². The van der Waals surface area contributed by atoms with Crippen LogP contribution in [0.25, 0.3) is 0 Å². The molecular formula is C11H15ClN2O2S. The number of aryl methyl sites for hydroxylation is 1. The molecule has 1 rings (SSSR count). The topological polar surface area (TPSA) is 72.2 Å². The summed E-state index contributed by atoms with van der Waals surface area (Å²) in [6.45, 7) is 6.87. The van der Waals surface area contributed by atoms with Crippen molar-refractivity contribution >= 4 is 27.3 Å². The average molecular weight is 275 g/mol. The Hall–Kier alpha value is -1.04. The maximum Gasteiger partial charge on any atom is 0.241 e. The second kappa shape index (κ2) is 5.08. The molecule has 0 spiro atoms. The van der Waals surface area contributed by atoms with E-state index >= 15 is 0 Å². The van der Waals surface area contributed by atoms with Gasteiger partial charge in [0, 0.05) is 17.3 Å². The minimum Gasteiger partial charge on any atom is -0.398 e. The van der Waals surface area contributed by atoms with Crippen LogP contribution in [0.15, 0.2) is 28.6 Å². The van der Waals surface area contributed by atoms with Crippen molar-refractivity contribution in [2.24, 2.45) is 0 Å². The second-order valence-corrected chi connectivity index (χ2v) is 6.09. The number of nitrogens with one attached hydrogen (secondary N) is 1. The van der Waals surface area contributed by atoms with Crippen LogP contribution in [0.5, 0.6) is 0 Å². The van der Waals surface area contributed by atoms with Crippen molar-refractivity contribution in [2.45, 2.75) is 18.7 Å². The molecule has 17 heavy (non-hydrogen) atoms. The number of halogens is 1. The van der Waals surface area contributed by atoms with Crippen LogP contribution in [0.1, 0.15) is 11.1 Å². The summed E-state index contributed by atoms with van der Waals surface area (Å²) in [4.78, 5) is 0.174. The van der Waals surface area contributed by atoms with Crippen LogP contribution in [0.3, 0.4) is 0 Å². The lowest BCUT2D eigenvalue weighted by molar-refractivity contribution is 0.584. The van der Waals surface area contributed by atoms with Crippen molar-refractivity contribution in [2.75, 3.05) is 12.3 Å². The lowest BCUT2D eigenvalue weighted by Gasteiger charge is -2.11. The summed E-state index contributed by atoms with van der Waals surface area (Å²) in [5.74, 6) is 0. The average Bonchev–Trinajstić information content (AvgIpc) is 2.20. The second-order valence-electron chi connectivity index (χ2n) is 3.82. The molecule has 0 aliphatic rings. The zero-order chi connectivity index (χ0) is 13.2. The molecule has 0 amide bonds. The van der Waals surface area contributed by atoms with E-state index < -0.39 is 10.0 Å². The minimum absolute atomic E-state index is 0.00280. The lowest BCUT2D eigenvalue weighted by Crippen LogP contribution is -2.25. The third-order valence-electron chi connectivity index (χ3n) is 2.29. The van der Waals surface area contributed by atoms with Crippen LogP contribution in [0.4, 0.5) is 5.69 Å². The molecule has 1 aromatic carbocycles. The molecule has 0 saturated heterocycles. The van der Waals surface area contributed by atoms with Crippen molar-refractivity contribution < 1.29 is 8.42 Å². The zero-order valence-corrected chi connectivity index (χ0v) is 11.3. The first kappa shape index (κ1) is 14.0. The number of benzene rings is 1. The van der Waals surface area contributed by atoms with Crippen molar-refractivity contribution in [3.8, 4) is 0 Å². The summed E-state index contributed by atoms with van der Waals surface area (Å²) in [6.07, 6.45) is 0. The Labute approximate surface area is 107 Å². The fourth-order valence-corrected chi connectivity index (χ4v) is 2.91. The highest BCUT2D eigenvalue weighted by Gasteiger charge is 2.18. The summed E-state index contributed by atoms with van der Waals surface area (Å²) >= 11 is 5.53. The van der Waals surface area contributed by atoms with Gasteiger partial charge in [0.25, 0.3) is 0 Å². The molecule has 1 aromatic rings. The summed E-state index contributed by atoms with van der Waals surface area (Å²) in [7, 11) is -3.61. The fraction of sp³-hybridized carbons (Fsp3) is 0.273. The molecule has 0 atom stereocenters. The molecule has 4 nitrogen and oxygen atoms in total. The highest BCUT2D eigenvalue weighted by atomic mass is 35.5. The van der Waals surface area contributed by atoms with E-state index in [1.165, 1.54) is 0 Å². The highest BCUT2D eigenvalue weighted by molar-refractivity contribution is 7.89. The first-order valence-electron chi connectivity index (χ1n) is 4.93. The van der Waals surface area contributed by atoms with E-state index in [-0.39, 0.29) is 16.5 Å². The molecule has 0 saturated carbocycles. The molecule has 94 valence electrons. The summed E-state index contributed by atoms with van der Waals surface area (Å²) in [5.41, 5.74) is 7.51. The zero-order valence-electron chi connectivity index (χ0n) is 9.75. The molecule has 3 N–H and O–H groups in total. The normalized spacial score (nSPS) is 11.5. The molecule has 0 bridgehead atoms. The Bertz CT molecular complexity index is 553. The predicted octanol–water partition coefficient (Wildman–Crippen LogP) is 1.92. The largest absolute Gasteiger partial charge is 0.398 e. The van der Waals surface area contributed by atoms with Crippen molar-refractivity contribution in [3.05, 3.63) is 34.9 Å². The van der Waals surface area contributed by atoms with Gasteiger partial charge in [0.1, 0.15) is 0 Å². The van der Waals surface area contributed by atoms with Gasteiger partial charge in [0.2, 0.25) is 10.0 Å². The molecule has 0 aliphatic heterocycles. The number of nitrogen functional groups attached to an aromatic ring is 1. The van der Waals surface area contributed by atoms with E-state index in [4.69, 9.17) is 17.3 Å². The van der Waals surface area contributed by atoms with Crippen LogP contribution in [0.2, 0.25) is 0 Å². The third-order valence-corrected chi connectivity index (χ3v) is 3.95. The van der Waals surface area contributed by atoms with E-state index in [0.29, 0.717) is 11.3 Å². The van der Waals surface area contributed by atoms with Crippen LogP contribution >= 0.6 is 11.6 Å². The Morgan fingerprint density at radius 1 is 1.47 bits per heavy atom. The first-order chi connectivity index (χ1) is 7.74. The van der Waals surface area contributed by atoms with E-state index in [2.05, 4.69) is 11.3 Å². The molecule has 0 unspecified atom stereocenters. The Balaban J connectivity index is 3.19. The number of hydrogen-bond donors (Lipinski definition) is 2. The third kappa shape index (κ3) is 3.46. The van der Waals surface area contributed by atoms with Crippen molar-refractivity contribution in [1.82, 2.24) is 4.72 Å². The van der Waals surface area contributed by atoms with Crippen molar-refractivity contribution in [3.63, 3.8) is 0 Å². The number of rotatable bonds is 4. The minimum atomic E-state index is -3.61. The van der Waals surface area contributed by atoms with Gasteiger partial charge in [-0.1, -0.05) is 18.2 Å². The van der Waals surface area contributed by atoms with Crippen LogP contribution in [-0.2, 0) is 10.0 Å². The van der Waals surface area contributed by atoms with Gasteiger partial charge in [-0.3, -0.25) is 0 Å². The molecule has 6 heteroatoms. The number of hydrogen-bond acceptors (Lipinski definition) is 3. The summed E-state index contributed by atoms with van der Waals surface area (Å²) < 4.78 is 26.3. The first-order valence-corrected chi connectivity index (χ1v) is 6.80. The smallest absolute Gasteiger partial charge is 0.241 e. The van der Waals surface area contributed by atoms with Crippen LogP contribution in [0, 0.1) is 13.8 Å². The highest BCUT2D eigenvalue weighted by Crippen LogP contribution is 2.22. The van der Waals surface area contributed by atoms with Gasteiger partial charge in [0.05, 0.1) is 4.90 Å². The van der Waals surface area contributed by atoms with Gasteiger partial charge in [-0.2, -0.15) is 0 Å². The number of nitrogens with two attached hydrogens (primary N) is 1. The number of anilines is 1. The Kier molecular flexibility index (Phi) is 4.19. The van der Waals surface area contributed by atoms with Gasteiger partial charge in [-0.15, -0.1) is 0 Å². The lowest BCUT2D eigenvalue weighted by atomic mass is 10.1.